The van der Waals surface area contributed by atoms with Crippen molar-refractivity contribution in [1.82, 2.24) is 10.2 Å². The number of rotatable bonds is 8. The number of nitrogens with one attached hydrogen (secondary N) is 1. The van der Waals surface area contributed by atoms with Crippen molar-refractivity contribution in [3.63, 3.8) is 0 Å². The number of carbonyl (C=O) groups excluding carboxylic acids is 2. The Morgan fingerprint density at radius 2 is 1.94 bits per heavy atom. The van der Waals surface area contributed by atoms with Gasteiger partial charge in [-0.1, -0.05) is 6.92 Å². The first-order valence-corrected chi connectivity index (χ1v) is 6.18. The zero-order valence-corrected chi connectivity index (χ0v) is 11.3. The molecule has 5 heteroatoms. The van der Waals surface area contributed by atoms with Crippen LogP contribution in [0.25, 0.3) is 0 Å². The van der Waals surface area contributed by atoms with E-state index in [0.29, 0.717) is 6.61 Å². The van der Waals surface area contributed by atoms with Gasteiger partial charge in [0.25, 0.3) is 0 Å². The summed E-state index contributed by atoms with van der Waals surface area (Å²) in [5, 5.41) is 3.03. The molecule has 100 valence electrons. The third-order valence-corrected chi connectivity index (χ3v) is 2.25. The van der Waals surface area contributed by atoms with Crippen molar-refractivity contribution in [2.24, 2.45) is 0 Å². The molecule has 0 aromatic carbocycles. The minimum Gasteiger partial charge on any atom is -0.465 e. The number of amides is 1. The van der Waals surface area contributed by atoms with E-state index in [2.05, 4.69) is 5.32 Å². The fraction of sp³-hybridized carbons (Fsp3) is 0.833. The Labute approximate surface area is 103 Å². The SMILES string of the molecule is CCCNCC(=O)N(CC(=O)OCC)C(C)C. The van der Waals surface area contributed by atoms with Gasteiger partial charge in [0.2, 0.25) is 5.91 Å². The van der Waals surface area contributed by atoms with Gasteiger partial charge in [-0.2, -0.15) is 0 Å². The van der Waals surface area contributed by atoms with Crippen molar-refractivity contribution in [1.29, 1.82) is 0 Å². The third kappa shape index (κ3) is 6.94. The molecule has 0 atom stereocenters. The Balaban J connectivity index is 4.21. The number of hydrogen-bond donors (Lipinski definition) is 1. The molecule has 0 aromatic heterocycles. The average Bonchev–Trinajstić information content (AvgIpc) is 2.26. The highest BCUT2D eigenvalue weighted by molar-refractivity contribution is 5.83. The molecule has 0 rings (SSSR count). The highest BCUT2D eigenvalue weighted by Gasteiger charge is 2.19. The topological polar surface area (TPSA) is 58.6 Å². The smallest absolute Gasteiger partial charge is 0.325 e. The molecule has 0 unspecified atom stereocenters. The lowest BCUT2D eigenvalue weighted by molar-refractivity contribution is -0.149. The summed E-state index contributed by atoms with van der Waals surface area (Å²) in [6.45, 7) is 9.00. The van der Waals surface area contributed by atoms with E-state index in [1.54, 1.807) is 6.92 Å². The molecular weight excluding hydrogens is 220 g/mol. The Kier molecular flexibility index (Phi) is 8.40. The number of carbonyl (C=O) groups is 2. The fourth-order valence-electron chi connectivity index (χ4n) is 1.38. The lowest BCUT2D eigenvalue weighted by Gasteiger charge is -2.25. The highest BCUT2D eigenvalue weighted by Crippen LogP contribution is 1.99. The van der Waals surface area contributed by atoms with Gasteiger partial charge < -0.3 is 15.0 Å². The van der Waals surface area contributed by atoms with Gasteiger partial charge in [-0.05, 0) is 33.7 Å². The van der Waals surface area contributed by atoms with Crippen molar-refractivity contribution in [2.45, 2.75) is 40.2 Å². The quantitative estimate of drug-likeness (QED) is 0.506. The van der Waals surface area contributed by atoms with Crippen LogP contribution in [0.3, 0.4) is 0 Å². The predicted molar refractivity (Wildman–Crippen MR) is 66.6 cm³/mol. The molecule has 0 aliphatic heterocycles. The average molecular weight is 244 g/mol. The Morgan fingerprint density at radius 1 is 1.29 bits per heavy atom. The Bertz CT molecular complexity index is 242. The van der Waals surface area contributed by atoms with Gasteiger partial charge in [0, 0.05) is 6.04 Å². The van der Waals surface area contributed by atoms with Gasteiger partial charge in [0.1, 0.15) is 6.54 Å². The van der Waals surface area contributed by atoms with E-state index in [0.717, 1.165) is 13.0 Å². The largest absolute Gasteiger partial charge is 0.465 e. The van der Waals surface area contributed by atoms with Crippen molar-refractivity contribution in [3.8, 4) is 0 Å². The second-order valence-electron chi connectivity index (χ2n) is 4.10. The summed E-state index contributed by atoms with van der Waals surface area (Å²) in [5.74, 6) is -0.424. The van der Waals surface area contributed by atoms with E-state index >= 15 is 0 Å². The van der Waals surface area contributed by atoms with Gasteiger partial charge >= 0.3 is 5.97 Å². The van der Waals surface area contributed by atoms with Gasteiger partial charge in [-0.25, -0.2) is 0 Å². The monoisotopic (exact) mass is 244 g/mol. The summed E-state index contributed by atoms with van der Waals surface area (Å²) < 4.78 is 4.85. The van der Waals surface area contributed by atoms with Crippen LogP contribution in [0, 0.1) is 0 Å². The van der Waals surface area contributed by atoms with Crippen LogP contribution >= 0.6 is 0 Å². The molecule has 0 saturated heterocycles. The Morgan fingerprint density at radius 3 is 2.41 bits per heavy atom. The Hall–Kier alpha value is -1.10. The number of esters is 1. The maximum atomic E-state index is 11.9. The van der Waals surface area contributed by atoms with Crippen LogP contribution in [0.5, 0.6) is 0 Å². The molecule has 0 heterocycles. The van der Waals surface area contributed by atoms with Crippen LogP contribution in [0.15, 0.2) is 0 Å². The molecule has 0 fully saturated rings. The summed E-state index contributed by atoms with van der Waals surface area (Å²) in [7, 11) is 0. The van der Waals surface area contributed by atoms with Gasteiger partial charge in [0.15, 0.2) is 0 Å². The van der Waals surface area contributed by atoms with Crippen molar-refractivity contribution >= 4 is 11.9 Å². The summed E-state index contributed by atoms with van der Waals surface area (Å²) in [6, 6.07) is -0.00432. The van der Waals surface area contributed by atoms with E-state index in [1.807, 2.05) is 20.8 Å². The van der Waals surface area contributed by atoms with E-state index < -0.39 is 0 Å². The molecule has 0 radical (unpaired) electrons. The van der Waals surface area contributed by atoms with Crippen molar-refractivity contribution in [3.05, 3.63) is 0 Å². The van der Waals surface area contributed by atoms with Crippen molar-refractivity contribution < 1.29 is 14.3 Å². The first-order chi connectivity index (χ1) is 8.02. The van der Waals surface area contributed by atoms with E-state index in [-0.39, 0.29) is 31.0 Å². The van der Waals surface area contributed by atoms with E-state index in [9.17, 15) is 9.59 Å². The van der Waals surface area contributed by atoms with Crippen LogP contribution in [0.2, 0.25) is 0 Å². The van der Waals surface area contributed by atoms with Crippen LogP contribution in [0.4, 0.5) is 0 Å². The van der Waals surface area contributed by atoms with E-state index in [4.69, 9.17) is 4.74 Å². The fourth-order valence-corrected chi connectivity index (χ4v) is 1.38. The van der Waals surface area contributed by atoms with Crippen molar-refractivity contribution in [2.75, 3.05) is 26.2 Å². The van der Waals surface area contributed by atoms with Crippen LogP contribution in [-0.4, -0.2) is 49.1 Å². The first-order valence-electron chi connectivity index (χ1n) is 6.18. The van der Waals surface area contributed by atoms with Gasteiger partial charge in [-0.15, -0.1) is 0 Å². The minimum atomic E-state index is -0.356. The molecule has 0 bridgehead atoms. The zero-order valence-electron chi connectivity index (χ0n) is 11.3. The third-order valence-electron chi connectivity index (χ3n) is 2.25. The van der Waals surface area contributed by atoms with Crippen LogP contribution < -0.4 is 5.32 Å². The molecule has 0 aliphatic carbocycles. The maximum absolute atomic E-state index is 11.9. The first kappa shape index (κ1) is 15.9. The van der Waals surface area contributed by atoms with E-state index in [1.165, 1.54) is 4.90 Å². The standard InChI is InChI=1S/C12H24N2O3/c1-5-7-13-8-11(15)14(10(3)4)9-12(16)17-6-2/h10,13H,5-9H2,1-4H3. The predicted octanol–water partition coefficient (Wildman–Crippen LogP) is 0.786. The lowest BCUT2D eigenvalue weighted by atomic mass is 10.3. The molecule has 0 aromatic rings. The number of nitrogens with zero attached hydrogens (tertiary/aromatic N) is 1. The number of ether oxygens (including phenoxy) is 1. The maximum Gasteiger partial charge on any atom is 0.325 e. The lowest BCUT2D eigenvalue weighted by Crippen LogP contribution is -2.45. The summed E-state index contributed by atoms with van der Waals surface area (Å²) in [6.07, 6.45) is 0.979. The second kappa shape index (κ2) is 8.98. The molecular formula is C12H24N2O3. The molecule has 1 N–H and O–H groups in total. The molecule has 1 amide bonds. The molecule has 17 heavy (non-hydrogen) atoms. The second-order valence-corrected chi connectivity index (χ2v) is 4.10. The summed E-state index contributed by atoms with van der Waals surface area (Å²) in [5.41, 5.74) is 0. The zero-order chi connectivity index (χ0) is 13.3. The van der Waals surface area contributed by atoms with Gasteiger partial charge in [0.05, 0.1) is 13.2 Å². The highest BCUT2D eigenvalue weighted by atomic mass is 16.5. The molecule has 0 spiro atoms. The van der Waals surface area contributed by atoms with Crippen LogP contribution in [0.1, 0.15) is 34.1 Å². The van der Waals surface area contributed by atoms with Gasteiger partial charge in [-0.3, -0.25) is 9.59 Å². The molecule has 0 aliphatic rings. The summed E-state index contributed by atoms with van der Waals surface area (Å²) in [4.78, 5) is 24.7. The molecule has 0 saturated carbocycles. The molecule has 5 nitrogen and oxygen atoms in total. The normalized spacial score (nSPS) is 10.4. The van der Waals surface area contributed by atoms with Crippen LogP contribution in [-0.2, 0) is 14.3 Å². The number of hydrogen-bond acceptors (Lipinski definition) is 4. The minimum absolute atomic E-state index is 0.00432. The summed E-state index contributed by atoms with van der Waals surface area (Å²) >= 11 is 0.